The average molecular weight is 335 g/mol. The van der Waals surface area contributed by atoms with Crippen LogP contribution in [-0.2, 0) is 0 Å². The maximum absolute atomic E-state index is 13.0. The van der Waals surface area contributed by atoms with E-state index in [0.29, 0.717) is 12.5 Å². The highest BCUT2D eigenvalue weighted by Gasteiger charge is 2.32. The van der Waals surface area contributed by atoms with Crippen molar-refractivity contribution in [1.29, 1.82) is 0 Å². The third kappa shape index (κ3) is 3.76. The van der Waals surface area contributed by atoms with Crippen LogP contribution < -0.4 is 0 Å². The summed E-state index contributed by atoms with van der Waals surface area (Å²) < 4.78 is 13.0. The Morgan fingerprint density at radius 3 is 2.74 bits per heavy atom. The van der Waals surface area contributed by atoms with Gasteiger partial charge in [0.2, 0.25) is 0 Å². The van der Waals surface area contributed by atoms with Crippen LogP contribution >= 0.6 is 11.3 Å². The summed E-state index contributed by atoms with van der Waals surface area (Å²) in [5, 5.41) is 20.9. The number of benzene rings is 1. The predicted octanol–water partition coefficient (Wildman–Crippen LogP) is 3.63. The molecule has 2 aromatic rings. The number of aliphatic hydroxyl groups excluding tert-OH is 1. The fraction of sp³-hybridized carbons (Fsp3) is 0.529. The van der Waals surface area contributed by atoms with E-state index in [4.69, 9.17) is 0 Å². The first-order valence-electron chi connectivity index (χ1n) is 8.04. The number of hydrogen-bond donors (Lipinski definition) is 1. The summed E-state index contributed by atoms with van der Waals surface area (Å²) in [7, 11) is 0. The summed E-state index contributed by atoms with van der Waals surface area (Å²) in [4.78, 5) is 2.41. The second kappa shape index (κ2) is 7.03. The van der Waals surface area contributed by atoms with Gasteiger partial charge in [0.25, 0.3) is 0 Å². The highest BCUT2D eigenvalue weighted by molar-refractivity contribution is 7.11. The second-order valence-electron chi connectivity index (χ2n) is 6.17. The highest BCUT2D eigenvalue weighted by atomic mass is 32.1. The summed E-state index contributed by atoms with van der Waals surface area (Å²) in [6.07, 6.45) is 2.29. The van der Waals surface area contributed by atoms with Crippen LogP contribution in [0.1, 0.15) is 53.9 Å². The second-order valence-corrected chi connectivity index (χ2v) is 7.39. The molecule has 1 saturated heterocycles. The fourth-order valence-corrected chi connectivity index (χ4v) is 4.09. The van der Waals surface area contributed by atoms with Crippen LogP contribution in [0, 0.1) is 12.7 Å². The van der Waals surface area contributed by atoms with E-state index in [1.807, 2.05) is 6.92 Å². The number of aromatic nitrogens is 2. The molecule has 0 spiro atoms. The Labute approximate surface area is 140 Å². The molecule has 1 aromatic carbocycles. The molecule has 3 rings (SSSR count). The van der Waals surface area contributed by atoms with Crippen molar-refractivity contribution in [3.63, 3.8) is 0 Å². The van der Waals surface area contributed by atoms with E-state index >= 15 is 0 Å². The molecule has 3 atom stereocenters. The monoisotopic (exact) mass is 335 g/mol. The van der Waals surface area contributed by atoms with Crippen LogP contribution in [-0.4, -0.2) is 32.8 Å². The number of nitrogens with zero attached hydrogens (tertiary/aromatic N) is 3. The molecule has 0 aliphatic carbocycles. The molecular formula is C17H22FN3OS. The lowest BCUT2D eigenvalue weighted by Crippen LogP contribution is -2.33. The first kappa shape index (κ1) is 16.5. The maximum Gasteiger partial charge on any atom is 0.134 e. The summed E-state index contributed by atoms with van der Waals surface area (Å²) in [6, 6.07) is 6.66. The van der Waals surface area contributed by atoms with Gasteiger partial charge in [-0.25, -0.2) is 4.39 Å². The van der Waals surface area contributed by atoms with Crippen LogP contribution in [0.3, 0.4) is 0 Å². The topological polar surface area (TPSA) is 49.2 Å². The summed E-state index contributed by atoms with van der Waals surface area (Å²) in [5.41, 5.74) is 0.776. The Morgan fingerprint density at radius 1 is 1.35 bits per heavy atom. The van der Waals surface area contributed by atoms with E-state index < -0.39 is 6.10 Å². The molecule has 0 unspecified atom stereocenters. The molecule has 6 heteroatoms. The van der Waals surface area contributed by atoms with Gasteiger partial charge in [0.05, 0.1) is 12.1 Å². The zero-order valence-electron chi connectivity index (χ0n) is 13.4. The smallest absolute Gasteiger partial charge is 0.134 e. The molecule has 2 heterocycles. The van der Waals surface area contributed by atoms with Crippen molar-refractivity contribution >= 4 is 11.3 Å². The van der Waals surface area contributed by atoms with Crippen molar-refractivity contribution in [2.75, 3.05) is 6.54 Å². The lowest BCUT2D eigenvalue weighted by molar-refractivity contribution is 0.103. The molecule has 1 aliphatic heterocycles. The van der Waals surface area contributed by atoms with Gasteiger partial charge in [-0.15, -0.1) is 21.5 Å². The molecule has 0 bridgehead atoms. The van der Waals surface area contributed by atoms with Gasteiger partial charge in [-0.05, 0) is 57.4 Å². The van der Waals surface area contributed by atoms with Crippen LogP contribution in [0.25, 0.3) is 0 Å². The standard InChI is InChI=1S/C17H22FN3OS/c1-11(17-20-19-12(2)23-17)21-9-3-4-15(21)10-16(22)13-5-7-14(18)8-6-13/h5-8,11,15-16,22H,3-4,9-10H2,1-2H3/t11-,15+,16+/m0/s1. The highest BCUT2D eigenvalue weighted by Crippen LogP contribution is 2.34. The lowest BCUT2D eigenvalue weighted by atomic mass is 10.00. The molecule has 1 fully saturated rings. The Morgan fingerprint density at radius 2 is 2.09 bits per heavy atom. The fourth-order valence-electron chi connectivity index (χ4n) is 3.32. The van der Waals surface area contributed by atoms with Crippen LogP contribution in [0.4, 0.5) is 4.39 Å². The predicted molar refractivity (Wildman–Crippen MR) is 88.8 cm³/mol. The molecule has 0 radical (unpaired) electrons. The maximum atomic E-state index is 13.0. The average Bonchev–Trinajstić information content (AvgIpc) is 3.16. The van der Waals surface area contributed by atoms with Gasteiger partial charge in [0.15, 0.2) is 0 Å². The first-order valence-corrected chi connectivity index (χ1v) is 8.85. The number of likely N-dealkylation sites (tertiary alicyclic amines) is 1. The van der Waals surface area contributed by atoms with E-state index in [1.54, 1.807) is 23.5 Å². The zero-order chi connectivity index (χ0) is 16.4. The molecule has 1 N–H and O–H groups in total. The molecule has 23 heavy (non-hydrogen) atoms. The molecule has 0 amide bonds. The zero-order valence-corrected chi connectivity index (χ0v) is 14.3. The number of halogens is 1. The Bertz CT molecular complexity index is 646. The molecule has 4 nitrogen and oxygen atoms in total. The van der Waals surface area contributed by atoms with Crippen LogP contribution in [0.15, 0.2) is 24.3 Å². The molecule has 124 valence electrons. The van der Waals surface area contributed by atoms with Crippen molar-refractivity contribution < 1.29 is 9.50 Å². The molecule has 1 aromatic heterocycles. The van der Waals surface area contributed by atoms with E-state index in [1.165, 1.54) is 12.1 Å². The summed E-state index contributed by atoms with van der Waals surface area (Å²) >= 11 is 1.63. The van der Waals surface area contributed by atoms with E-state index in [-0.39, 0.29) is 11.9 Å². The van der Waals surface area contributed by atoms with Crippen LogP contribution in [0.2, 0.25) is 0 Å². The van der Waals surface area contributed by atoms with Crippen molar-refractivity contribution in [1.82, 2.24) is 15.1 Å². The Kier molecular flexibility index (Phi) is 5.04. The quantitative estimate of drug-likeness (QED) is 0.906. The van der Waals surface area contributed by atoms with Crippen molar-refractivity contribution in [3.05, 3.63) is 45.7 Å². The normalized spacial score (nSPS) is 21.5. The number of aryl methyl sites for hydroxylation is 1. The van der Waals surface area contributed by atoms with Gasteiger partial charge in [-0.3, -0.25) is 4.90 Å². The summed E-state index contributed by atoms with van der Waals surface area (Å²) in [5.74, 6) is -0.274. The number of hydrogen-bond acceptors (Lipinski definition) is 5. The van der Waals surface area contributed by atoms with E-state index in [2.05, 4.69) is 22.0 Å². The van der Waals surface area contributed by atoms with Crippen molar-refractivity contribution in [2.24, 2.45) is 0 Å². The lowest BCUT2D eigenvalue weighted by Gasteiger charge is -2.30. The van der Waals surface area contributed by atoms with Gasteiger partial charge in [0, 0.05) is 6.04 Å². The Hall–Kier alpha value is -1.37. The van der Waals surface area contributed by atoms with Gasteiger partial charge in [0.1, 0.15) is 15.8 Å². The van der Waals surface area contributed by atoms with Crippen LogP contribution in [0.5, 0.6) is 0 Å². The molecule has 1 aliphatic rings. The van der Waals surface area contributed by atoms with E-state index in [9.17, 15) is 9.50 Å². The SMILES string of the molecule is Cc1nnc([C@H](C)N2CCC[C@@H]2C[C@@H](O)c2ccc(F)cc2)s1. The number of rotatable bonds is 5. The van der Waals surface area contributed by atoms with Gasteiger partial charge < -0.3 is 5.11 Å². The summed E-state index contributed by atoms with van der Waals surface area (Å²) in [6.45, 7) is 5.14. The minimum Gasteiger partial charge on any atom is -0.388 e. The minimum atomic E-state index is -0.565. The Balaban J connectivity index is 1.67. The first-order chi connectivity index (χ1) is 11.0. The largest absolute Gasteiger partial charge is 0.388 e. The molecular weight excluding hydrogens is 313 g/mol. The molecule has 0 saturated carbocycles. The van der Waals surface area contributed by atoms with Gasteiger partial charge in [-0.2, -0.15) is 0 Å². The number of aliphatic hydroxyl groups is 1. The van der Waals surface area contributed by atoms with Gasteiger partial charge in [-0.1, -0.05) is 12.1 Å². The minimum absolute atomic E-state index is 0.217. The van der Waals surface area contributed by atoms with E-state index in [0.717, 1.165) is 35.0 Å². The van der Waals surface area contributed by atoms with Crippen molar-refractivity contribution in [3.8, 4) is 0 Å². The third-order valence-electron chi connectivity index (χ3n) is 4.57. The van der Waals surface area contributed by atoms with Gasteiger partial charge >= 0.3 is 0 Å². The third-order valence-corrected chi connectivity index (χ3v) is 5.58. The van der Waals surface area contributed by atoms with Crippen molar-refractivity contribution in [2.45, 2.75) is 51.3 Å².